The largest absolute Gasteiger partial charge is 0.330 e. The number of rotatable bonds is 6. The van der Waals surface area contributed by atoms with E-state index in [-0.39, 0.29) is 11.3 Å². The topological polar surface area (TPSA) is 66.9 Å². The molecule has 0 aliphatic heterocycles. The molecule has 3 aromatic rings. The van der Waals surface area contributed by atoms with Gasteiger partial charge in [-0.2, -0.15) is 0 Å². The third-order valence-corrected chi connectivity index (χ3v) is 6.59. The van der Waals surface area contributed by atoms with Crippen LogP contribution in [0.4, 0.5) is 16.5 Å². The molecule has 0 fully saturated rings. The molecule has 1 amide bonds. The summed E-state index contributed by atoms with van der Waals surface area (Å²) in [6.07, 6.45) is 0. The number of aromatic nitrogens is 2. The van der Waals surface area contributed by atoms with Crippen molar-refractivity contribution in [2.45, 2.75) is 44.4 Å². The van der Waals surface area contributed by atoms with E-state index in [9.17, 15) is 4.79 Å². The van der Waals surface area contributed by atoms with Crippen molar-refractivity contribution < 1.29 is 4.79 Å². The van der Waals surface area contributed by atoms with Crippen LogP contribution in [0.1, 0.15) is 37.5 Å². The number of hydrogen-bond donors (Lipinski definition) is 2. The molecule has 0 atom stereocenters. The molecule has 7 heteroatoms. The number of carbonyl (C=O) groups excluding carboxylic acids is 1. The molecule has 5 nitrogen and oxygen atoms in total. The summed E-state index contributed by atoms with van der Waals surface area (Å²) in [7, 11) is 0. The maximum absolute atomic E-state index is 12.3. The second-order valence-electron chi connectivity index (χ2n) is 7.91. The first-order valence-corrected chi connectivity index (χ1v) is 11.2. The molecule has 0 saturated heterocycles. The van der Waals surface area contributed by atoms with Crippen molar-refractivity contribution in [2.24, 2.45) is 0 Å². The molecule has 0 saturated carbocycles. The van der Waals surface area contributed by atoms with Gasteiger partial charge in [0.15, 0.2) is 4.34 Å². The van der Waals surface area contributed by atoms with E-state index >= 15 is 0 Å². The van der Waals surface area contributed by atoms with E-state index in [1.54, 1.807) is 0 Å². The lowest BCUT2D eigenvalue weighted by Gasteiger charge is -2.19. The molecule has 1 aromatic heterocycles. The summed E-state index contributed by atoms with van der Waals surface area (Å²) < 4.78 is 0.760. The average molecular weight is 427 g/mol. The van der Waals surface area contributed by atoms with E-state index in [1.807, 2.05) is 24.3 Å². The number of benzene rings is 2. The van der Waals surface area contributed by atoms with Gasteiger partial charge >= 0.3 is 0 Å². The highest BCUT2D eigenvalue weighted by atomic mass is 32.2. The highest BCUT2D eigenvalue weighted by Crippen LogP contribution is 2.29. The van der Waals surface area contributed by atoms with E-state index in [1.165, 1.54) is 39.8 Å². The third kappa shape index (κ3) is 5.81. The number of nitrogens with one attached hydrogen (secondary N) is 2. The molecule has 29 heavy (non-hydrogen) atoms. The second-order valence-corrected chi connectivity index (χ2v) is 10.1. The lowest BCUT2D eigenvalue weighted by atomic mass is 9.87. The van der Waals surface area contributed by atoms with Crippen LogP contribution in [0.5, 0.6) is 0 Å². The van der Waals surface area contributed by atoms with Gasteiger partial charge in [-0.1, -0.05) is 68.1 Å². The Bertz CT molecular complexity index is 991. The number of aryl methyl sites for hydroxylation is 1. The predicted molar refractivity (Wildman–Crippen MR) is 124 cm³/mol. The van der Waals surface area contributed by atoms with E-state index in [0.717, 1.165) is 20.8 Å². The minimum Gasteiger partial charge on any atom is -0.330 e. The standard InChI is InChI=1S/C22H26N4OS2/c1-14-7-6-8-18(15(14)2)24-20-25-26-21(29-20)28-13-19(27)23-17-11-9-16(10-12-17)22(3,4)5/h6-12H,13H2,1-5H3,(H,23,27)(H,24,25). The second kappa shape index (κ2) is 8.97. The fourth-order valence-electron chi connectivity index (χ4n) is 2.70. The summed E-state index contributed by atoms with van der Waals surface area (Å²) in [5, 5.41) is 15.3. The first kappa shape index (κ1) is 21.3. The van der Waals surface area contributed by atoms with E-state index < -0.39 is 0 Å². The Kier molecular flexibility index (Phi) is 6.59. The van der Waals surface area contributed by atoms with Crippen molar-refractivity contribution in [3.8, 4) is 0 Å². The Morgan fingerprint density at radius 3 is 2.48 bits per heavy atom. The molecule has 1 heterocycles. The Hall–Kier alpha value is -2.38. The van der Waals surface area contributed by atoms with Gasteiger partial charge in [0.25, 0.3) is 0 Å². The van der Waals surface area contributed by atoms with E-state index in [2.05, 4.69) is 73.6 Å². The molecule has 0 spiro atoms. The Balaban J connectivity index is 1.53. The Morgan fingerprint density at radius 1 is 1.07 bits per heavy atom. The molecule has 0 unspecified atom stereocenters. The summed E-state index contributed by atoms with van der Waals surface area (Å²) >= 11 is 2.83. The van der Waals surface area contributed by atoms with Crippen molar-refractivity contribution in [2.75, 3.05) is 16.4 Å². The van der Waals surface area contributed by atoms with Gasteiger partial charge in [0.05, 0.1) is 5.75 Å². The minimum absolute atomic E-state index is 0.0576. The molecular formula is C22H26N4OS2. The van der Waals surface area contributed by atoms with Crippen LogP contribution < -0.4 is 10.6 Å². The zero-order valence-corrected chi connectivity index (χ0v) is 19.0. The molecular weight excluding hydrogens is 400 g/mol. The fourth-order valence-corrected chi connectivity index (χ4v) is 4.26. The van der Waals surface area contributed by atoms with Crippen LogP contribution in [0.3, 0.4) is 0 Å². The van der Waals surface area contributed by atoms with E-state index in [0.29, 0.717) is 5.75 Å². The number of hydrogen-bond acceptors (Lipinski definition) is 6. The number of carbonyl (C=O) groups is 1. The van der Waals surface area contributed by atoms with Crippen molar-refractivity contribution in [3.63, 3.8) is 0 Å². The number of nitrogens with zero attached hydrogens (tertiary/aromatic N) is 2. The first-order chi connectivity index (χ1) is 13.7. The van der Waals surface area contributed by atoms with Crippen LogP contribution in [0.25, 0.3) is 0 Å². The quantitative estimate of drug-likeness (QED) is 0.478. The monoisotopic (exact) mass is 426 g/mol. The molecule has 0 bridgehead atoms. The van der Waals surface area contributed by atoms with Gasteiger partial charge in [0.2, 0.25) is 11.0 Å². The average Bonchev–Trinajstić information content (AvgIpc) is 3.11. The smallest absolute Gasteiger partial charge is 0.234 e. The number of anilines is 3. The zero-order chi connectivity index (χ0) is 21.0. The van der Waals surface area contributed by atoms with Gasteiger partial charge in [-0.3, -0.25) is 4.79 Å². The molecule has 0 aliphatic rings. The SMILES string of the molecule is Cc1cccc(Nc2nnc(SCC(=O)Nc3ccc(C(C)(C)C)cc3)s2)c1C. The lowest BCUT2D eigenvalue weighted by Crippen LogP contribution is -2.15. The Morgan fingerprint density at radius 2 is 1.79 bits per heavy atom. The summed E-state index contributed by atoms with van der Waals surface area (Å²) in [6, 6.07) is 14.1. The van der Waals surface area contributed by atoms with Gasteiger partial charge in [0, 0.05) is 11.4 Å². The van der Waals surface area contributed by atoms with Crippen LogP contribution in [0.2, 0.25) is 0 Å². The summed E-state index contributed by atoms with van der Waals surface area (Å²) in [4.78, 5) is 12.3. The minimum atomic E-state index is -0.0576. The summed E-state index contributed by atoms with van der Waals surface area (Å²) in [5.74, 6) is 0.233. The van der Waals surface area contributed by atoms with Crippen molar-refractivity contribution >= 4 is 45.5 Å². The van der Waals surface area contributed by atoms with Crippen molar-refractivity contribution in [1.29, 1.82) is 0 Å². The van der Waals surface area contributed by atoms with E-state index in [4.69, 9.17) is 0 Å². The highest BCUT2D eigenvalue weighted by Gasteiger charge is 2.14. The fraction of sp³-hybridized carbons (Fsp3) is 0.318. The van der Waals surface area contributed by atoms with Crippen molar-refractivity contribution in [1.82, 2.24) is 10.2 Å². The van der Waals surface area contributed by atoms with Gasteiger partial charge in [-0.25, -0.2) is 0 Å². The maximum Gasteiger partial charge on any atom is 0.234 e. The molecule has 0 radical (unpaired) electrons. The molecule has 2 N–H and O–H groups in total. The van der Waals surface area contributed by atoms with Gasteiger partial charge in [-0.15, -0.1) is 10.2 Å². The van der Waals surface area contributed by atoms with Crippen LogP contribution in [-0.4, -0.2) is 21.9 Å². The lowest BCUT2D eigenvalue weighted by molar-refractivity contribution is -0.113. The third-order valence-electron chi connectivity index (χ3n) is 4.61. The van der Waals surface area contributed by atoms with Gasteiger partial charge in [-0.05, 0) is 54.2 Å². The van der Waals surface area contributed by atoms with Gasteiger partial charge in [0.1, 0.15) is 0 Å². The van der Waals surface area contributed by atoms with Crippen molar-refractivity contribution in [3.05, 3.63) is 59.2 Å². The number of thioether (sulfide) groups is 1. The molecule has 0 aliphatic carbocycles. The van der Waals surface area contributed by atoms with Crippen LogP contribution in [-0.2, 0) is 10.2 Å². The number of amides is 1. The summed E-state index contributed by atoms with van der Waals surface area (Å²) in [6.45, 7) is 10.7. The Labute approximate surface area is 180 Å². The van der Waals surface area contributed by atoms with Crippen LogP contribution in [0.15, 0.2) is 46.8 Å². The normalized spacial score (nSPS) is 11.3. The van der Waals surface area contributed by atoms with Crippen LogP contribution in [0, 0.1) is 13.8 Å². The molecule has 152 valence electrons. The molecule has 3 rings (SSSR count). The van der Waals surface area contributed by atoms with Gasteiger partial charge < -0.3 is 10.6 Å². The highest BCUT2D eigenvalue weighted by molar-refractivity contribution is 8.01. The summed E-state index contributed by atoms with van der Waals surface area (Å²) in [5.41, 5.74) is 5.57. The molecule has 2 aromatic carbocycles. The zero-order valence-electron chi connectivity index (χ0n) is 17.4. The maximum atomic E-state index is 12.3. The predicted octanol–water partition coefficient (Wildman–Crippen LogP) is 5.93. The van der Waals surface area contributed by atoms with Crippen LogP contribution >= 0.6 is 23.1 Å². The first-order valence-electron chi connectivity index (χ1n) is 9.42.